The Morgan fingerprint density at radius 3 is 2.59 bits per heavy atom. The summed E-state index contributed by atoms with van der Waals surface area (Å²) in [5.41, 5.74) is 4.23. The van der Waals surface area contributed by atoms with Gasteiger partial charge in [-0.3, -0.25) is 4.68 Å². The van der Waals surface area contributed by atoms with Gasteiger partial charge in [-0.2, -0.15) is 5.10 Å². The standard InChI is InChI=1S/C14H23N3/c1-10-14(12-7-8-15-9-12)11(2)17(16-10)13-5-3-4-6-13/h12-13,15H,3-9H2,1-2H3. The molecule has 1 aromatic heterocycles. The molecular formula is C14H23N3. The van der Waals surface area contributed by atoms with Gasteiger partial charge in [0.25, 0.3) is 0 Å². The van der Waals surface area contributed by atoms with Gasteiger partial charge in [-0.15, -0.1) is 0 Å². The first-order valence-corrected chi connectivity index (χ1v) is 7.03. The van der Waals surface area contributed by atoms with Crippen LogP contribution in [0.2, 0.25) is 0 Å². The number of hydrogen-bond acceptors (Lipinski definition) is 2. The van der Waals surface area contributed by atoms with Crippen molar-refractivity contribution in [2.75, 3.05) is 13.1 Å². The lowest BCUT2D eigenvalue weighted by atomic mass is 9.96. The minimum atomic E-state index is 0.678. The lowest BCUT2D eigenvalue weighted by Crippen LogP contribution is -2.11. The van der Waals surface area contributed by atoms with Crippen molar-refractivity contribution >= 4 is 0 Å². The zero-order chi connectivity index (χ0) is 11.8. The molecule has 3 rings (SSSR count). The van der Waals surface area contributed by atoms with E-state index in [2.05, 4.69) is 23.8 Å². The largest absolute Gasteiger partial charge is 0.316 e. The van der Waals surface area contributed by atoms with Gasteiger partial charge in [-0.1, -0.05) is 12.8 Å². The van der Waals surface area contributed by atoms with Gasteiger partial charge in [0.15, 0.2) is 0 Å². The van der Waals surface area contributed by atoms with Gasteiger partial charge >= 0.3 is 0 Å². The zero-order valence-electron chi connectivity index (χ0n) is 11.0. The first kappa shape index (κ1) is 11.3. The van der Waals surface area contributed by atoms with E-state index in [-0.39, 0.29) is 0 Å². The Balaban J connectivity index is 1.93. The molecular weight excluding hydrogens is 210 g/mol. The number of rotatable bonds is 2. The number of hydrogen-bond donors (Lipinski definition) is 1. The third kappa shape index (κ3) is 1.90. The van der Waals surface area contributed by atoms with Crippen molar-refractivity contribution in [3.8, 4) is 0 Å². The van der Waals surface area contributed by atoms with E-state index in [1.165, 1.54) is 49.1 Å². The molecule has 17 heavy (non-hydrogen) atoms. The van der Waals surface area contributed by atoms with Crippen molar-refractivity contribution in [3.05, 3.63) is 17.0 Å². The molecule has 1 aliphatic carbocycles. The summed E-state index contributed by atoms with van der Waals surface area (Å²) in [7, 11) is 0. The van der Waals surface area contributed by atoms with Crippen LogP contribution in [-0.4, -0.2) is 22.9 Å². The predicted octanol–water partition coefficient (Wildman–Crippen LogP) is 2.69. The van der Waals surface area contributed by atoms with Crippen molar-refractivity contribution in [1.82, 2.24) is 15.1 Å². The second kappa shape index (κ2) is 4.45. The Morgan fingerprint density at radius 2 is 1.94 bits per heavy atom. The molecule has 1 aromatic rings. The van der Waals surface area contributed by atoms with E-state index in [9.17, 15) is 0 Å². The smallest absolute Gasteiger partial charge is 0.0631 e. The van der Waals surface area contributed by atoms with Gasteiger partial charge in [-0.25, -0.2) is 0 Å². The zero-order valence-corrected chi connectivity index (χ0v) is 11.0. The lowest BCUT2D eigenvalue weighted by molar-refractivity contribution is 0.454. The number of nitrogens with one attached hydrogen (secondary N) is 1. The Morgan fingerprint density at radius 1 is 1.18 bits per heavy atom. The fourth-order valence-corrected chi connectivity index (χ4v) is 3.67. The minimum absolute atomic E-state index is 0.678. The van der Waals surface area contributed by atoms with E-state index >= 15 is 0 Å². The number of aromatic nitrogens is 2. The monoisotopic (exact) mass is 233 g/mol. The molecule has 1 saturated heterocycles. The van der Waals surface area contributed by atoms with Gasteiger partial charge in [0.1, 0.15) is 0 Å². The highest BCUT2D eigenvalue weighted by Crippen LogP contribution is 2.34. The topological polar surface area (TPSA) is 29.9 Å². The van der Waals surface area contributed by atoms with E-state index in [4.69, 9.17) is 5.10 Å². The summed E-state index contributed by atoms with van der Waals surface area (Å²) in [6, 6.07) is 0.678. The second-order valence-corrected chi connectivity index (χ2v) is 5.66. The Kier molecular flexibility index (Phi) is 2.95. The van der Waals surface area contributed by atoms with Crippen molar-refractivity contribution in [2.45, 2.75) is 57.9 Å². The quantitative estimate of drug-likeness (QED) is 0.851. The maximum absolute atomic E-state index is 4.83. The molecule has 1 N–H and O–H groups in total. The highest BCUT2D eigenvalue weighted by Gasteiger charge is 2.27. The number of nitrogens with zero attached hydrogens (tertiary/aromatic N) is 2. The van der Waals surface area contributed by atoms with Gasteiger partial charge in [0, 0.05) is 23.7 Å². The van der Waals surface area contributed by atoms with Crippen LogP contribution in [0.4, 0.5) is 0 Å². The predicted molar refractivity (Wildman–Crippen MR) is 69.4 cm³/mol. The fraction of sp³-hybridized carbons (Fsp3) is 0.786. The third-order valence-electron chi connectivity index (χ3n) is 4.52. The van der Waals surface area contributed by atoms with Crippen LogP contribution in [0.15, 0.2) is 0 Å². The molecule has 2 fully saturated rings. The Bertz CT molecular complexity index is 396. The molecule has 0 spiro atoms. The van der Waals surface area contributed by atoms with Crippen LogP contribution >= 0.6 is 0 Å². The average molecular weight is 233 g/mol. The van der Waals surface area contributed by atoms with E-state index in [1.54, 1.807) is 0 Å². The van der Waals surface area contributed by atoms with Crippen LogP contribution in [-0.2, 0) is 0 Å². The molecule has 94 valence electrons. The van der Waals surface area contributed by atoms with Gasteiger partial charge in [0.2, 0.25) is 0 Å². The first-order valence-electron chi connectivity index (χ1n) is 7.03. The highest BCUT2D eigenvalue weighted by molar-refractivity contribution is 5.30. The molecule has 0 bridgehead atoms. The Labute approximate surface area is 104 Å². The molecule has 0 aromatic carbocycles. The molecule has 0 amide bonds. The van der Waals surface area contributed by atoms with E-state index < -0.39 is 0 Å². The van der Waals surface area contributed by atoms with Crippen LogP contribution in [0.1, 0.15) is 61.0 Å². The summed E-state index contributed by atoms with van der Waals surface area (Å²) >= 11 is 0. The highest BCUT2D eigenvalue weighted by atomic mass is 15.3. The second-order valence-electron chi connectivity index (χ2n) is 5.66. The first-order chi connectivity index (χ1) is 8.27. The van der Waals surface area contributed by atoms with Gasteiger partial charge in [0.05, 0.1) is 11.7 Å². The molecule has 2 aliphatic rings. The summed E-state index contributed by atoms with van der Waals surface area (Å²) < 4.78 is 2.33. The lowest BCUT2D eigenvalue weighted by Gasteiger charge is -2.14. The molecule has 1 atom stereocenters. The summed E-state index contributed by atoms with van der Waals surface area (Å²) in [6.07, 6.45) is 6.68. The van der Waals surface area contributed by atoms with Crippen molar-refractivity contribution in [3.63, 3.8) is 0 Å². The van der Waals surface area contributed by atoms with Crippen LogP contribution in [0.3, 0.4) is 0 Å². The molecule has 3 nitrogen and oxygen atoms in total. The maximum atomic E-state index is 4.83. The molecule has 0 radical (unpaired) electrons. The van der Waals surface area contributed by atoms with Crippen molar-refractivity contribution in [2.24, 2.45) is 0 Å². The Hall–Kier alpha value is -0.830. The molecule has 3 heteroatoms. The SMILES string of the molecule is Cc1nn(C2CCCC2)c(C)c1C1CCNC1. The van der Waals surface area contributed by atoms with Crippen molar-refractivity contribution < 1.29 is 0 Å². The summed E-state index contributed by atoms with van der Waals surface area (Å²) in [6.45, 7) is 6.76. The van der Waals surface area contributed by atoms with Crippen LogP contribution < -0.4 is 5.32 Å². The fourth-order valence-electron chi connectivity index (χ4n) is 3.67. The number of aryl methyl sites for hydroxylation is 1. The van der Waals surface area contributed by atoms with Crippen LogP contribution in [0.25, 0.3) is 0 Å². The van der Waals surface area contributed by atoms with Crippen LogP contribution in [0, 0.1) is 13.8 Å². The van der Waals surface area contributed by atoms with Crippen molar-refractivity contribution in [1.29, 1.82) is 0 Å². The van der Waals surface area contributed by atoms with E-state index in [0.717, 1.165) is 13.1 Å². The average Bonchev–Trinajstić information content (AvgIpc) is 2.99. The molecule has 2 heterocycles. The normalized spacial score (nSPS) is 25.9. The third-order valence-corrected chi connectivity index (χ3v) is 4.52. The van der Waals surface area contributed by atoms with E-state index in [1.807, 2.05) is 0 Å². The van der Waals surface area contributed by atoms with Gasteiger partial charge in [-0.05, 0) is 39.7 Å². The molecule has 1 saturated carbocycles. The summed E-state index contributed by atoms with van der Waals surface area (Å²) in [4.78, 5) is 0. The summed E-state index contributed by atoms with van der Waals surface area (Å²) in [5.74, 6) is 0.699. The maximum Gasteiger partial charge on any atom is 0.0631 e. The minimum Gasteiger partial charge on any atom is -0.316 e. The summed E-state index contributed by atoms with van der Waals surface area (Å²) in [5, 5.41) is 8.29. The molecule has 1 unspecified atom stereocenters. The van der Waals surface area contributed by atoms with E-state index in [0.29, 0.717) is 12.0 Å². The van der Waals surface area contributed by atoms with Gasteiger partial charge < -0.3 is 5.32 Å². The van der Waals surface area contributed by atoms with Crippen LogP contribution in [0.5, 0.6) is 0 Å². The molecule has 1 aliphatic heterocycles.